The van der Waals surface area contributed by atoms with Gasteiger partial charge in [0.15, 0.2) is 0 Å². The van der Waals surface area contributed by atoms with Gasteiger partial charge in [-0.15, -0.1) is 0 Å². The van der Waals surface area contributed by atoms with Crippen molar-refractivity contribution in [1.82, 2.24) is 4.98 Å². The molecule has 0 saturated heterocycles. The van der Waals surface area contributed by atoms with Gasteiger partial charge < -0.3 is 15.2 Å². The first kappa shape index (κ1) is 13.4. The molecule has 1 aromatic carbocycles. The zero-order chi connectivity index (χ0) is 13.7. The molecule has 0 radical (unpaired) electrons. The zero-order valence-electron chi connectivity index (χ0n) is 11.1. The molecule has 2 unspecified atom stereocenters. The van der Waals surface area contributed by atoms with Crippen LogP contribution in [0, 0.1) is 0 Å². The van der Waals surface area contributed by atoms with E-state index in [1.54, 1.807) is 19.5 Å². The summed E-state index contributed by atoms with van der Waals surface area (Å²) in [6.07, 6.45) is 3.28. The molecule has 0 aliphatic heterocycles. The molecule has 2 aromatic rings. The number of hydrogen-bond acceptors (Lipinski definition) is 4. The van der Waals surface area contributed by atoms with Gasteiger partial charge in [-0.05, 0) is 48.9 Å². The molecule has 0 bridgehead atoms. The first-order valence-electron chi connectivity index (χ1n) is 6.17. The Labute approximate surface area is 113 Å². The normalized spacial score (nSPS) is 13.6. The summed E-state index contributed by atoms with van der Waals surface area (Å²) >= 11 is 0. The Balaban J connectivity index is 2.17. The van der Waals surface area contributed by atoms with E-state index in [0.717, 1.165) is 17.1 Å². The minimum absolute atomic E-state index is 0.121. The molecule has 4 nitrogen and oxygen atoms in total. The van der Waals surface area contributed by atoms with Gasteiger partial charge in [0, 0.05) is 18.4 Å². The molecule has 1 heterocycles. The third-order valence-corrected chi connectivity index (χ3v) is 2.83. The van der Waals surface area contributed by atoms with Crippen LogP contribution < -0.4 is 15.2 Å². The van der Waals surface area contributed by atoms with Crippen LogP contribution in [0.15, 0.2) is 48.8 Å². The second-order valence-electron chi connectivity index (χ2n) is 4.35. The van der Waals surface area contributed by atoms with Crippen LogP contribution in [0.5, 0.6) is 11.5 Å². The van der Waals surface area contributed by atoms with E-state index in [4.69, 9.17) is 15.2 Å². The highest BCUT2D eigenvalue weighted by molar-refractivity contribution is 5.32. The van der Waals surface area contributed by atoms with Gasteiger partial charge >= 0.3 is 0 Å². The topological polar surface area (TPSA) is 57.4 Å². The summed E-state index contributed by atoms with van der Waals surface area (Å²) in [5.74, 6) is 1.56. The highest BCUT2D eigenvalue weighted by Crippen LogP contribution is 2.25. The average molecular weight is 258 g/mol. The third kappa shape index (κ3) is 3.45. The lowest BCUT2D eigenvalue weighted by molar-refractivity contribution is 0.180. The first-order valence-corrected chi connectivity index (χ1v) is 6.17. The maximum Gasteiger partial charge on any atom is 0.139 e. The fourth-order valence-corrected chi connectivity index (χ4v) is 1.83. The van der Waals surface area contributed by atoms with Gasteiger partial charge in [0.2, 0.25) is 0 Å². The molecular weight excluding hydrogens is 240 g/mol. The molecule has 2 atom stereocenters. The quantitative estimate of drug-likeness (QED) is 0.895. The van der Waals surface area contributed by atoms with Crippen molar-refractivity contribution >= 4 is 0 Å². The minimum atomic E-state index is -0.198. The van der Waals surface area contributed by atoms with E-state index in [1.165, 1.54) is 0 Å². The summed E-state index contributed by atoms with van der Waals surface area (Å²) < 4.78 is 11.1. The van der Waals surface area contributed by atoms with Crippen LogP contribution in [0.3, 0.4) is 0 Å². The highest BCUT2D eigenvalue weighted by atomic mass is 16.5. The second-order valence-corrected chi connectivity index (χ2v) is 4.35. The molecule has 0 spiro atoms. The van der Waals surface area contributed by atoms with E-state index >= 15 is 0 Å². The maximum absolute atomic E-state index is 6.00. The van der Waals surface area contributed by atoms with E-state index < -0.39 is 0 Å². The molecule has 0 aliphatic carbocycles. The largest absolute Gasteiger partial charge is 0.497 e. The number of aromatic nitrogens is 1. The summed E-state index contributed by atoms with van der Waals surface area (Å²) in [6.45, 7) is 1.93. The monoisotopic (exact) mass is 258 g/mol. The molecule has 0 amide bonds. The second kappa shape index (κ2) is 6.20. The van der Waals surface area contributed by atoms with Crippen molar-refractivity contribution in [1.29, 1.82) is 0 Å². The molecule has 0 aliphatic rings. The van der Waals surface area contributed by atoms with Crippen molar-refractivity contribution in [2.24, 2.45) is 5.73 Å². The Hall–Kier alpha value is -2.07. The summed E-state index contributed by atoms with van der Waals surface area (Å²) in [5, 5.41) is 0. The molecule has 2 N–H and O–H groups in total. The number of rotatable bonds is 5. The van der Waals surface area contributed by atoms with Crippen LogP contribution in [-0.4, -0.2) is 18.1 Å². The molecule has 19 heavy (non-hydrogen) atoms. The minimum Gasteiger partial charge on any atom is -0.497 e. The Morgan fingerprint density at radius 3 is 2.11 bits per heavy atom. The van der Waals surface area contributed by atoms with E-state index in [0.29, 0.717) is 0 Å². The van der Waals surface area contributed by atoms with Crippen molar-refractivity contribution in [2.75, 3.05) is 7.11 Å². The molecule has 1 aromatic heterocycles. The molecular formula is C15H18N2O2. The SMILES string of the molecule is COc1ccc(OC(c2ccncc2)C(C)N)cc1. The van der Waals surface area contributed by atoms with Gasteiger partial charge in [-0.1, -0.05) is 0 Å². The van der Waals surface area contributed by atoms with Gasteiger partial charge in [-0.2, -0.15) is 0 Å². The first-order chi connectivity index (χ1) is 9.20. The van der Waals surface area contributed by atoms with Crippen LogP contribution in [0.4, 0.5) is 0 Å². The summed E-state index contributed by atoms with van der Waals surface area (Å²) in [4.78, 5) is 4.00. The number of benzene rings is 1. The third-order valence-electron chi connectivity index (χ3n) is 2.83. The van der Waals surface area contributed by atoms with Gasteiger partial charge in [-0.25, -0.2) is 0 Å². The molecule has 100 valence electrons. The number of ether oxygens (including phenoxy) is 2. The van der Waals surface area contributed by atoms with Gasteiger partial charge in [0.25, 0.3) is 0 Å². The van der Waals surface area contributed by atoms with Crippen LogP contribution in [0.1, 0.15) is 18.6 Å². The van der Waals surface area contributed by atoms with Crippen LogP contribution >= 0.6 is 0 Å². The van der Waals surface area contributed by atoms with Crippen LogP contribution in [-0.2, 0) is 0 Å². The lowest BCUT2D eigenvalue weighted by Crippen LogP contribution is -2.29. The van der Waals surface area contributed by atoms with Gasteiger partial charge in [0.1, 0.15) is 17.6 Å². The molecule has 4 heteroatoms. The van der Waals surface area contributed by atoms with Crippen molar-refractivity contribution in [2.45, 2.75) is 19.1 Å². The van der Waals surface area contributed by atoms with Crippen molar-refractivity contribution in [3.8, 4) is 11.5 Å². The zero-order valence-corrected chi connectivity index (χ0v) is 11.1. The standard InChI is InChI=1S/C15H18N2O2/c1-11(16)15(12-7-9-17-10-8-12)19-14-5-3-13(18-2)4-6-14/h3-11,15H,16H2,1-2H3. The Morgan fingerprint density at radius 2 is 1.58 bits per heavy atom. The van der Waals surface area contributed by atoms with Gasteiger partial charge in [0.05, 0.1) is 7.11 Å². The van der Waals surface area contributed by atoms with Crippen molar-refractivity contribution < 1.29 is 9.47 Å². The van der Waals surface area contributed by atoms with E-state index in [1.807, 2.05) is 43.3 Å². The fourth-order valence-electron chi connectivity index (χ4n) is 1.83. The Kier molecular flexibility index (Phi) is 4.36. The predicted molar refractivity (Wildman–Crippen MR) is 74.2 cm³/mol. The maximum atomic E-state index is 6.00. The van der Waals surface area contributed by atoms with Crippen LogP contribution in [0.2, 0.25) is 0 Å². The fraction of sp³-hybridized carbons (Fsp3) is 0.267. The van der Waals surface area contributed by atoms with E-state index in [9.17, 15) is 0 Å². The number of methoxy groups -OCH3 is 1. The number of nitrogens with zero attached hydrogens (tertiary/aromatic N) is 1. The summed E-state index contributed by atoms with van der Waals surface area (Å²) in [6, 6.07) is 11.2. The van der Waals surface area contributed by atoms with Gasteiger partial charge in [-0.3, -0.25) is 4.98 Å². The number of hydrogen-bond donors (Lipinski definition) is 1. The summed E-state index contributed by atoms with van der Waals surface area (Å²) in [5.41, 5.74) is 7.02. The lowest BCUT2D eigenvalue weighted by Gasteiger charge is -2.22. The molecule has 0 saturated carbocycles. The Morgan fingerprint density at radius 1 is 1.00 bits per heavy atom. The van der Waals surface area contributed by atoms with Crippen molar-refractivity contribution in [3.05, 3.63) is 54.4 Å². The lowest BCUT2D eigenvalue weighted by atomic mass is 10.1. The highest BCUT2D eigenvalue weighted by Gasteiger charge is 2.18. The summed E-state index contributed by atoms with van der Waals surface area (Å²) in [7, 11) is 1.64. The molecule has 2 rings (SSSR count). The Bertz CT molecular complexity index is 497. The molecule has 0 fully saturated rings. The smallest absolute Gasteiger partial charge is 0.139 e. The number of nitrogens with two attached hydrogens (primary N) is 1. The van der Waals surface area contributed by atoms with E-state index in [-0.39, 0.29) is 12.1 Å². The number of pyridine rings is 1. The van der Waals surface area contributed by atoms with Crippen molar-refractivity contribution in [3.63, 3.8) is 0 Å². The predicted octanol–water partition coefficient (Wildman–Crippen LogP) is 2.56. The average Bonchev–Trinajstić information content (AvgIpc) is 2.46. The van der Waals surface area contributed by atoms with Crippen LogP contribution in [0.25, 0.3) is 0 Å². The van der Waals surface area contributed by atoms with E-state index in [2.05, 4.69) is 4.98 Å².